The Hall–Kier alpha value is -1.83. The van der Waals surface area contributed by atoms with Crippen molar-refractivity contribution in [3.63, 3.8) is 0 Å². The van der Waals surface area contributed by atoms with Crippen molar-refractivity contribution in [2.24, 2.45) is 5.92 Å². The first-order valence-corrected chi connectivity index (χ1v) is 5.32. The second-order valence-corrected chi connectivity index (χ2v) is 4.02. The Bertz CT molecular complexity index is 433. The molecule has 16 heavy (non-hydrogen) atoms. The number of aromatic nitrogens is 1. The highest BCUT2D eigenvalue weighted by molar-refractivity contribution is 5.94. The highest BCUT2D eigenvalue weighted by Crippen LogP contribution is 2.19. The molecule has 5 nitrogen and oxygen atoms in total. The molecule has 1 aromatic rings. The Morgan fingerprint density at radius 1 is 1.75 bits per heavy atom. The molecule has 1 aromatic heterocycles. The Kier molecular flexibility index (Phi) is 2.91. The Balaban J connectivity index is 2.11. The summed E-state index contributed by atoms with van der Waals surface area (Å²) in [5.74, 6) is 0.403. The van der Waals surface area contributed by atoms with E-state index in [4.69, 9.17) is 9.78 Å². The van der Waals surface area contributed by atoms with E-state index in [-0.39, 0.29) is 11.8 Å². The van der Waals surface area contributed by atoms with Gasteiger partial charge >= 0.3 is 0 Å². The lowest BCUT2D eigenvalue weighted by molar-refractivity contribution is 0.0697. The summed E-state index contributed by atoms with van der Waals surface area (Å²) in [6, 6.07) is 2.22. The third kappa shape index (κ3) is 1.91. The number of amides is 1. The van der Waals surface area contributed by atoms with Crippen LogP contribution in [0.1, 0.15) is 29.0 Å². The maximum absolute atomic E-state index is 12.1. The van der Waals surface area contributed by atoms with Crippen LogP contribution in [-0.4, -0.2) is 29.1 Å². The molecule has 1 amide bonds. The number of likely N-dealkylation sites (tertiary alicyclic amines) is 1. The molecule has 1 aliphatic heterocycles. The summed E-state index contributed by atoms with van der Waals surface area (Å²) in [6.45, 7) is 2.94. The molecule has 2 rings (SSSR count). The van der Waals surface area contributed by atoms with Crippen molar-refractivity contribution in [1.29, 1.82) is 5.26 Å². The van der Waals surface area contributed by atoms with Gasteiger partial charge in [0.05, 0.1) is 18.2 Å². The van der Waals surface area contributed by atoms with Crippen LogP contribution in [0.5, 0.6) is 0 Å². The van der Waals surface area contributed by atoms with Crippen molar-refractivity contribution in [3.05, 3.63) is 17.5 Å². The maximum atomic E-state index is 12.1. The standard InChI is InChI=1S/C11H13N3O2/c1-8-10(6-13-16-8)11(15)14-4-2-3-9(5-12)7-14/h6,9H,2-4,7H2,1H3. The molecule has 0 N–H and O–H groups in total. The third-order valence-corrected chi connectivity index (χ3v) is 2.87. The monoisotopic (exact) mass is 219 g/mol. The number of hydrogen-bond acceptors (Lipinski definition) is 4. The van der Waals surface area contributed by atoms with Gasteiger partial charge in [0.25, 0.3) is 5.91 Å². The van der Waals surface area contributed by atoms with E-state index in [0.717, 1.165) is 12.8 Å². The smallest absolute Gasteiger partial charge is 0.259 e. The van der Waals surface area contributed by atoms with Gasteiger partial charge in [-0.3, -0.25) is 4.79 Å². The van der Waals surface area contributed by atoms with E-state index < -0.39 is 0 Å². The van der Waals surface area contributed by atoms with Crippen molar-refractivity contribution in [1.82, 2.24) is 10.1 Å². The first-order chi connectivity index (χ1) is 7.72. The molecule has 0 saturated carbocycles. The van der Waals surface area contributed by atoms with Crippen molar-refractivity contribution in [2.45, 2.75) is 19.8 Å². The molecule has 84 valence electrons. The van der Waals surface area contributed by atoms with Gasteiger partial charge in [-0.15, -0.1) is 0 Å². The van der Waals surface area contributed by atoms with Crippen LogP contribution in [0.2, 0.25) is 0 Å². The fourth-order valence-electron chi connectivity index (χ4n) is 1.94. The van der Waals surface area contributed by atoms with Gasteiger partial charge in [-0.2, -0.15) is 5.26 Å². The average Bonchev–Trinajstić information content (AvgIpc) is 2.74. The third-order valence-electron chi connectivity index (χ3n) is 2.87. The zero-order valence-corrected chi connectivity index (χ0v) is 9.14. The van der Waals surface area contributed by atoms with E-state index >= 15 is 0 Å². The van der Waals surface area contributed by atoms with Crippen molar-refractivity contribution < 1.29 is 9.32 Å². The van der Waals surface area contributed by atoms with Gasteiger partial charge in [0, 0.05) is 13.1 Å². The van der Waals surface area contributed by atoms with Crippen LogP contribution < -0.4 is 0 Å². The summed E-state index contributed by atoms with van der Waals surface area (Å²) < 4.78 is 4.87. The van der Waals surface area contributed by atoms with Gasteiger partial charge in [-0.1, -0.05) is 5.16 Å². The van der Waals surface area contributed by atoms with Gasteiger partial charge in [-0.05, 0) is 19.8 Å². The minimum atomic E-state index is -0.0845. The summed E-state index contributed by atoms with van der Waals surface area (Å²) in [5.41, 5.74) is 0.499. The Morgan fingerprint density at radius 2 is 2.56 bits per heavy atom. The second kappa shape index (κ2) is 4.35. The van der Waals surface area contributed by atoms with Gasteiger partial charge in [-0.25, -0.2) is 0 Å². The summed E-state index contributed by atoms with van der Waals surface area (Å²) in [6.07, 6.45) is 3.20. The van der Waals surface area contributed by atoms with E-state index in [1.54, 1.807) is 11.8 Å². The Labute approximate surface area is 93.6 Å². The first-order valence-electron chi connectivity index (χ1n) is 5.32. The fraction of sp³-hybridized carbons (Fsp3) is 0.545. The van der Waals surface area contributed by atoms with E-state index in [2.05, 4.69) is 11.2 Å². The number of rotatable bonds is 1. The van der Waals surface area contributed by atoms with Gasteiger partial charge in [0.15, 0.2) is 0 Å². The normalized spacial score (nSPS) is 20.5. The van der Waals surface area contributed by atoms with E-state index in [0.29, 0.717) is 24.4 Å². The largest absolute Gasteiger partial charge is 0.361 e. The second-order valence-electron chi connectivity index (χ2n) is 4.02. The van der Waals surface area contributed by atoms with Crippen LogP contribution in [0.25, 0.3) is 0 Å². The minimum absolute atomic E-state index is 0.0436. The summed E-state index contributed by atoms with van der Waals surface area (Å²) in [5, 5.41) is 12.4. The lowest BCUT2D eigenvalue weighted by atomic mass is 9.99. The molecule has 0 radical (unpaired) electrons. The number of nitrogens with zero attached hydrogens (tertiary/aromatic N) is 3. The van der Waals surface area contributed by atoms with Crippen LogP contribution >= 0.6 is 0 Å². The summed E-state index contributed by atoms with van der Waals surface area (Å²) in [4.78, 5) is 13.8. The molecule has 1 atom stereocenters. The van der Waals surface area contributed by atoms with Crippen molar-refractivity contribution in [3.8, 4) is 6.07 Å². The molecule has 0 aliphatic carbocycles. The average molecular weight is 219 g/mol. The molecule has 5 heteroatoms. The van der Waals surface area contributed by atoms with E-state index in [9.17, 15) is 4.79 Å². The number of carbonyl (C=O) groups excluding carboxylic acids is 1. The van der Waals surface area contributed by atoms with Gasteiger partial charge in [0.2, 0.25) is 0 Å². The molecule has 1 aliphatic rings. The van der Waals surface area contributed by atoms with Crippen LogP contribution in [0.4, 0.5) is 0 Å². The topological polar surface area (TPSA) is 70.1 Å². The van der Waals surface area contributed by atoms with Gasteiger partial charge < -0.3 is 9.42 Å². The Morgan fingerprint density at radius 3 is 3.19 bits per heavy atom. The molecular formula is C11H13N3O2. The van der Waals surface area contributed by atoms with Gasteiger partial charge in [0.1, 0.15) is 11.3 Å². The van der Waals surface area contributed by atoms with Crippen LogP contribution in [0.15, 0.2) is 10.7 Å². The number of nitriles is 1. The van der Waals surface area contributed by atoms with Crippen LogP contribution in [0.3, 0.4) is 0 Å². The zero-order chi connectivity index (χ0) is 11.5. The van der Waals surface area contributed by atoms with Crippen molar-refractivity contribution in [2.75, 3.05) is 13.1 Å². The number of aryl methyl sites for hydroxylation is 1. The lowest BCUT2D eigenvalue weighted by Gasteiger charge is -2.29. The first kappa shape index (κ1) is 10.7. The summed E-state index contributed by atoms with van der Waals surface area (Å²) >= 11 is 0. The number of piperidine rings is 1. The predicted molar refractivity (Wildman–Crippen MR) is 55.5 cm³/mol. The lowest BCUT2D eigenvalue weighted by Crippen LogP contribution is -2.39. The minimum Gasteiger partial charge on any atom is -0.361 e. The van der Waals surface area contributed by atoms with E-state index in [1.807, 2.05) is 0 Å². The fourth-order valence-corrected chi connectivity index (χ4v) is 1.94. The highest BCUT2D eigenvalue weighted by atomic mass is 16.5. The molecule has 0 bridgehead atoms. The summed E-state index contributed by atoms with van der Waals surface area (Å²) in [7, 11) is 0. The van der Waals surface area contributed by atoms with E-state index in [1.165, 1.54) is 6.20 Å². The highest BCUT2D eigenvalue weighted by Gasteiger charge is 2.26. The van der Waals surface area contributed by atoms with Crippen LogP contribution in [-0.2, 0) is 0 Å². The molecular weight excluding hydrogens is 206 g/mol. The number of hydrogen-bond donors (Lipinski definition) is 0. The quantitative estimate of drug-likeness (QED) is 0.715. The molecule has 1 saturated heterocycles. The molecule has 0 spiro atoms. The molecule has 2 heterocycles. The van der Waals surface area contributed by atoms with Crippen LogP contribution in [0, 0.1) is 24.2 Å². The molecule has 0 aromatic carbocycles. The maximum Gasteiger partial charge on any atom is 0.259 e. The zero-order valence-electron chi connectivity index (χ0n) is 9.14. The number of carbonyl (C=O) groups is 1. The van der Waals surface area contributed by atoms with Crippen molar-refractivity contribution >= 4 is 5.91 Å². The molecule has 1 fully saturated rings. The predicted octanol–water partition coefficient (Wildman–Crippen LogP) is 1.36. The molecule has 1 unspecified atom stereocenters. The SMILES string of the molecule is Cc1oncc1C(=O)N1CCCC(C#N)C1.